The molecule has 0 unspecified atom stereocenters. The molecule has 1 rings (SSSR count). The fourth-order valence-corrected chi connectivity index (χ4v) is 1.49. The van der Waals surface area contributed by atoms with Crippen molar-refractivity contribution in [2.45, 2.75) is 13.0 Å². The van der Waals surface area contributed by atoms with E-state index in [1.807, 2.05) is 6.92 Å². The van der Waals surface area contributed by atoms with E-state index in [1.165, 1.54) is 0 Å². The van der Waals surface area contributed by atoms with Gasteiger partial charge in [-0.25, -0.2) is 0 Å². The lowest BCUT2D eigenvalue weighted by Gasteiger charge is -2.14. The van der Waals surface area contributed by atoms with Crippen LogP contribution in [0.1, 0.15) is 18.5 Å². The van der Waals surface area contributed by atoms with Crippen LogP contribution >= 0.6 is 11.6 Å². The number of hydrogen-bond acceptors (Lipinski definition) is 2. The van der Waals surface area contributed by atoms with Crippen molar-refractivity contribution in [1.82, 2.24) is 5.32 Å². The molecule has 14 heavy (non-hydrogen) atoms. The Morgan fingerprint density at radius 2 is 2.21 bits per heavy atom. The van der Waals surface area contributed by atoms with Crippen LogP contribution in [0.2, 0.25) is 5.02 Å². The molecule has 0 aliphatic heterocycles. The zero-order valence-corrected chi connectivity index (χ0v) is 8.58. The van der Waals surface area contributed by atoms with Gasteiger partial charge in [-0.2, -0.15) is 0 Å². The van der Waals surface area contributed by atoms with Crippen LogP contribution in [-0.2, 0) is 4.79 Å². The quantitative estimate of drug-likeness (QED) is 0.805. The molecule has 1 aromatic carbocycles. The van der Waals surface area contributed by atoms with Gasteiger partial charge in [-0.1, -0.05) is 36.7 Å². The third-order valence-corrected chi connectivity index (χ3v) is 2.22. The van der Waals surface area contributed by atoms with Gasteiger partial charge in [-0.05, 0) is 18.2 Å². The van der Waals surface area contributed by atoms with E-state index in [1.54, 1.807) is 24.3 Å². The van der Waals surface area contributed by atoms with Crippen LogP contribution < -0.4 is 5.32 Å². The summed E-state index contributed by atoms with van der Waals surface area (Å²) in [6, 6.07) is 6.22. The molecule has 1 atom stereocenters. The number of likely N-dealkylation sites (N-methyl/N-ethyl adjacent to an activating group) is 1. The summed E-state index contributed by atoms with van der Waals surface area (Å²) >= 11 is 5.90. The van der Waals surface area contributed by atoms with Crippen LogP contribution in [0.15, 0.2) is 24.3 Å². The summed E-state index contributed by atoms with van der Waals surface area (Å²) in [7, 11) is 0. The molecule has 1 aromatic rings. The molecule has 0 aliphatic rings. The molecule has 0 saturated carbocycles. The average Bonchev–Trinajstić information content (AvgIpc) is 2.15. The van der Waals surface area contributed by atoms with E-state index in [-0.39, 0.29) is 0 Å². The van der Waals surface area contributed by atoms with Crippen LogP contribution in [0.5, 0.6) is 0 Å². The molecule has 0 amide bonds. The summed E-state index contributed by atoms with van der Waals surface area (Å²) < 4.78 is 0. The highest BCUT2D eigenvalue weighted by atomic mass is 35.5. The zero-order valence-electron chi connectivity index (χ0n) is 7.83. The summed E-state index contributed by atoms with van der Waals surface area (Å²) in [4.78, 5) is 10.9. The number of benzene rings is 1. The number of halogens is 1. The molecule has 0 spiro atoms. The SMILES string of the molecule is CCN[C@H](C(=O)O)c1ccccc1Cl. The lowest BCUT2D eigenvalue weighted by molar-refractivity contribution is -0.139. The highest BCUT2D eigenvalue weighted by Gasteiger charge is 2.20. The number of nitrogens with one attached hydrogen (secondary N) is 1. The molecular weight excluding hydrogens is 202 g/mol. The van der Waals surface area contributed by atoms with Crippen molar-refractivity contribution in [1.29, 1.82) is 0 Å². The van der Waals surface area contributed by atoms with Crippen LogP contribution in [-0.4, -0.2) is 17.6 Å². The topological polar surface area (TPSA) is 49.3 Å². The van der Waals surface area contributed by atoms with Gasteiger partial charge in [-0.15, -0.1) is 0 Å². The molecule has 4 heteroatoms. The minimum Gasteiger partial charge on any atom is -0.480 e. The molecular formula is C10H12ClNO2. The van der Waals surface area contributed by atoms with Gasteiger partial charge in [0.2, 0.25) is 0 Å². The van der Waals surface area contributed by atoms with Gasteiger partial charge in [0.15, 0.2) is 0 Å². The minimum absolute atomic E-state index is 0.473. The summed E-state index contributed by atoms with van der Waals surface area (Å²) in [5.41, 5.74) is 0.600. The Bertz CT molecular complexity index is 328. The van der Waals surface area contributed by atoms with Gasteiger partial charge in [0.1, 0.15) is 6.04 Å². The monoisotopic (exact) mass is 213 g/mol. The lowest BCUT2D eigenvalue weighted by Crippen LogP contribution is -2.28. The van der Waals surface area contributed by atoms with Crippen molar-refractivity contribution in [3.05, 3.63) is 34.9 Å². The molecule has 3 nitrogen and oxygen atoms in total. The van der Waals surface area contributed by atoms with Crippen molar-refractivity contribution in [2.24, 2.45) is 0 Å². The van der Waals surface area contributed by atoms with Crippen molar-refractivity contribution in [2.75, 3.05) is 6.54 Å². The Labute approximate surface area is 87.7 Å². The van der Waals surface area contributed by atoms with Gasteiger partial charge in [0.25, 0.3) is 0 Å². The van der Waals surface area contributed by atoms with Gasteiger partial charge in [0, 0.05) is 5.02 Å². The zero-order chi connectivity index (χ0) is 10.6. The summed E-state index contributed by atoms with van der Waals surface area (Å²) in [5, 5.41) is 12.3. The fraction of sp³-hybridized carbons (Fsp3) is 0.300. The maximum Gasteiger partial charge on any atom is 0.325 e. The van der Waals surface area contributed by atoms with Crippen molar-refractivity contribution in [3.63, 3.8) is 0 Å². The molecule has 0 aromatic heterocycles. The number of carboxylic acids is 1. The summed E-state index contributed by atoms with van der Waals surface area (Å²) in [6.45, 7) is 2.44. The minimum atomic E-state index is -0.917. The fourth-order valence-electron chi connectivity index (χ4n) is 1.24. The number of carbonyl (C=O) groups is 1. The third-order valence-electron chi connectivity index (χ3n) is 1.87. The molecule has 0 saturated heterocycles. The first-order valence-corrected chi connectivity index (χ1v) is 4.75. The van der Waals surface area contributed by atoms with E-state index >= 15 is 0 Å². The van der Waals surface area contributed by atoms with E-state index < -0.39 is 12.0 Å². The second-order valence-corrected chi connectivity index (χ2v) is 3.26. The van der Waals surface area contributed by atoms with Crippen molar-refractivity contribution >= 4 is 17.6 Å². The molecule has 0 fully saturated rings. The Morgan fingerprint density at radius 1 is 1.57 bits per heavy atom. The number of rotatable bonds is 4. The predicted octanol–water partition coefficient (Wildman–Crippen LogP) is 2.08. The molecule has 0 radical (unpaired) electrons. The molecule has 0 bridgehead atoms. The predicted molar refractivity (Wildman–Crippen MR) is 55.5 cm³/mol. The molecule has 2 N–H and O–H groups in total. The normalized spacial score (nSPS) is 12.4. The van der Waals surface area contributed by atoms with E-state index in [4.69, 9.17) is 16.7 Å². The van der Waals surface area contributed by atoms with Gasteiger partial charge in [0.05, 0.1) is 0 Å². The first-order valence-electron chi connectivity index (χ1n) is 4.37. The van der Waals surface area contributed by atoms with E-state index in [2.05, 4.69) is 5.32 Å². The summed E-state index contributed by atoms with van der Waals surface area (Å²) in [5.74, 6) is -0.917. The largest absolute Gasteiger partial charge is 0.480 e. The molecule has 0 aliphatic carbocycles. The highest BCUT2D eigenvalue weighted by molar-refractivity contribution is 6.31. The van der Waals surface area contributed by atoms with Crippen molar-refractivity contribution < 1.29 is 9.90 Å². The van der Waals surface area contributed by atoms with E-state index in [0.717, 1.165) is 0 Å². The second-order valence-electron chi connectivity index (χ2n) is 2.85. The van der Waals surface area contributed by atoms with Crippen LogP contribution in [0.3, 0.4) is 0 Å². The maximum atomic E-state index is 10.9. The van der Waals surface area contributed by atoms with Gasteiger partial charge in [-0.3, -0.25) is 4.79 Å². The average molecular weight is 214 g/mol. The van der Waals surface area contributed by atoms with Crippen LogP contribution in [0.25, 0.3) is 0 Å². The van der Waals surface area contributed by atoms with E-state index in [0.29, 0.717) is 17.1 Å². The van der Waals surface area contributed by atoms with Crippen molar-refractivity contribution in [3.8, 4) is 0 Å². The first kappa shape index (κ1) is 11.0. The van der Waals surface area contributed by atoms with Gasteiger partial charge >= 0.3 is 5.97 Å². The lowest BCUT2D eigenvalue weighted by atomic mass is 10.1. The van der Waals surface area contributed by atoms with Crippen LogP contribution in [0, 0.1) is 0 Å². The standard InChI is InChI=1S/C10H12ClNO2/c1-2-12-9(10(13)14)7-5-3-4-6-8(7)11/h3-6,9,12H,2H2,1H3,(H,13,14)/t9-/m0/s1. The molecule has 0 heterocycles. The highest BCUT2D eigenvalue weighted by Crippen LogP contribution is 2.22. The third kappa shape index (κ3) is 2.47. The molecule has 76 valence electrons. The van der Waals surface area contributed by atoms with Crippen LogP contribution in [0.4, 0.5) is 0 Å². The second kappa shape index (κ2) is 4.98. The number of aliphatic carboxylic acids is 1. The smallest absolute Gasteiger partial charge is 0.325 e. The Morgan fingerprint density at radius 3 is 2.71 bits per heavy atom. The number of carboxylic acid groups (broad SMARTS) is 1. The van der Waals surface area contributed by atoms with Gasteiger partial charge < -0.3 is 10.4 Å². The Hall–Kier alpha value is -1.06. The Kier molecular flexibility index (Phi) is 3.92. The first-order chi connectivity index (χ1) is 6.66. The summed E-state index contributed by atoms with van der Waals surface area (Å²) in [6.07, 6.45) is 0. The number of hydrogen-bond donors (Lipinski definition) is 2. The van der Waals surface area contributed by atoms with E-state index in [9.17, 15) is 4.79 Å². The Balaban J connectivity index is 2.99. The maximum absolute atomic E-state index is 10.9.